The van der Waals surface area contributed by atoms with E-state index in [-0.39, 0.29) is 0 Å². The number of likely N-dealkylation sites (N-methyl/N-ethyl adjacent to an activating group) is 1. The van der Waals surface area contributed by atoms with E-state index in [0.717, 1.165) is 18.4 Å². The van der Waals surface area contributed by atoms with Gasteiger partial charge in [0, 0.05) is 7.05 Å². The highest BCUT2D eigenvalue weighted by atomic mass is 16.1. The minimum atomic E-state index is 0.330. The van der Waals surface area contributed by atoms with Crippen molar-refractivity contribution in [3.63, 3.8) is 0 Å². The van der Waals surface area contributed by atoms with Gasteiger partial charge in [-0.25, -0.2) is 0 Å². The molecular formula is C12H13NO. The van der Waals surface area contributed by atoms with E-state index in [1.54, 1.807) is 0 Å². The first-order valence-corrected chi connectivity index (χ1v) is 4.76. The lowest BCUT2D eigenvalue weighted by molar-refractivity contribution is -0.106. The van der Waals surface area contributed by atoms with Crippen molar-refractivity contribution in [2.45, 2.75) is 12.5 Å². The van der Waals surface area contributed by atoms with E-state index in [1.807, 2.05) is 36.2 Å². The molecule has 0 saturated carbocycles. The van der Waals surface area contributed by atoms with Crippen LogP contribution in [0.3, 0.4) is 0 Å². The molecule has 1 atom stereocenters. The second kappa shape index (κ2) is 3.66. The minimum Gasteiger partial charge on any atom is -0.365 e. The fourth-order valence-corrected chi connectivity index (χ4v) is 1.88. The van der Waals surface area contributed by atoms with Gasteiger partial charge in [-0.2, -0.15) is 0 Å². The average molecular weight is 187 g/mol. The van der Waals surface area contributed by atoms with Crippen LogP contribution in [0.25, 0.3) is 0 Å². The number of rotatable bonds is 2. The maximum atomic E-state index is 10.7. The van der Waals surface area contributed by atoms with Gasteiger partial charge in [-0.1, -0.05) is 36.4 Å². The molecular weight excluding hydrogens is 174 g/mol. The van der Waals surface area contributed by atoms with E-state index >= 15 is 0 Å². The summed E-state index contributed by atoms with van der Waals surface area (Å²) < 4.78 is 0. The number of benzene rings is 1. The van der Waals surface area contributed by atoms with Crippen LogP contribution in [0.1, 0.15) is 18.0 Å². The third-order valence-corrected chi connectivity index (χ3v) is 2.73. The fraction of sp³-hybridized carbons (Fsp3) is 0.250. The Morgan fingerprint density at radius 1 is 1.36 bits per heavy atom. The molecule has 14 heavy (non-hydrogen) atoms. The fourth-order valence-electron chi connectivity index (χ4n) is 1.88. The number of hydrogen-bond acceptors (Lipinski definition) is 2. The highest BCUT2D eigenvalue weighted by Gasteiger charge is 2.22. The van der Waals surface area contributed by atoms with Gasteiger partial charge in [-0.3, -0.25) is 4.79 Å². The number of hydrogen-bond donors (Lipinski definition) is 0. The SMILES string of the molecule is CN1C(C=O)=CCC1c1ccccc1. The Morgan fingerprint density at radius 2 is 2.07 bits per heavy atom. The lowest BCUT2D eigenvalue weighted by atomic mass is 10.1. The van der Waals surface area contributed by atoms with Crippen molar-refractivity contribution in [3.05, 3.63) is 47.7 Å². The van der Waals surface area contributed by atoms with Gasteiger partial charge in [0.1, 0.15) is 0 Å². The summed E-state index contributed by atoms with van der Waals surface area (Å²) >= 11 is 0. The van der Waals surface area contributed by atoms with Crippen LogP contribution >= 0.6 is 0 Å². The van der Waals surface area contributed by atoms with E-state index < -0.39 is 0 Å². The molecule has 0 aromatic heterocycles. The lowest BCUT2D eigenvalue weighted by Gasteiger charge is -2.23. The largest absolute Gasteiger partial charge is 0.365 e. The Bertz CT molecular complexity index is 356. The van der Waals surface area contributed by atoms with Crippen molar-refractivity contribution >= 4 is 6.29 Å². The summed E-state index contributed by atoms with van der Waals surface area (Å²) in [7, 11) is 1.96. The van der Waals surface area contributed by atoms with Crippen LogP contribution in [0.5, 0.6) is 0 Å². The first-order valence-electron chi connectivity index (χ1n) is 4.76. The molecule has 0 saturated heterocycles. The smallest absolute Gasteiger partial charge is 0.165 e. The predicted octanol–water partition coefficient (Wildman–Crippen LogP) is 2.15. The Kier molecular flexibility index (Phi) is 2.35. The Balaban J connectivity index is 2.21. The molecule has 0 spiro atoms. The maximum absolute atomic E-state index is 10.7. The molecule has 0 amide bonds. The maximum Gasteiger partial charge on any atom is 0.165 e. The summed E-state index contributed by atoms with van der Waals surface area (Å²) in [4.78, 5) is 12.7. The molecule has 1 aliphatic heterocycles. The van der Waals surface area contributed by atoms with E-state index in [0.29, 0.717) is 6.04 Å². The van der Waals surface area contributed by atoms with Crippen molar-refractivity contribution < 1.29 is 4.79 Å². The minimum absolute atomic E-state index is 0.330. The van der Waals surface area contributed by atoms with Crippen LogP contribution in [0.15, 0.2) is 42.1 Å². The third kappa shape index (κ3) is 1.43. The molecule has 72 valence electrons. The molecule has 1 aromatic rings. The molecule has 1 aromatic carbocycles. The van der Waals surface area contributed by atoms with Crippen molar-refractivity contribution in [2.24, 2.45) is 0 Å². The Hall–Kier alpha value is -1.57. The van der Waals surface area contributed by atoms with Crippen LogP contribution in [0, 0.1) is 0 Å². The topological polar surface area (TPSA) is 20.3 Å². The zero-order valence-electron chi connectivity index (χ0n) is 8.18. The molecule has 2 heteroatoms. The number of carbonyl (C=O) groups is 1. The molecule has 0 radical (unpaired) electrons. The average Bonchev–Trinajstić information content (AvgIpc) is 2.61. The first-order chi connectivity index (χ1) is 6.83. The van der Waals surface area contributed by atoms with Gasteiger partial charge in [-0.15, -0.1) is 0 Å². The lowest BCUT2D eigenvalue weighted by Crippen LogP contribution is -2.19. The standard InChI is InChI=1S/C12H13NO/c1-13-11(9-14)7-8-12(13)10-5-3-2-4-6-10/h2-7,9,12H,8H2,1H3. The predicted molar refractivity (Wildman–Crippen MR) is 55.7 cm³/mol. The molecule has 2 nitrogen and oxygen atoms in total. The summed E-state index contributed by atoms with van der Waals surface area (Å²) in [5.74, 6) is 0. The summed E-state index contributed by atoms with van der Waals surface area (Å²) in [6.07, 6.45) is 3.84. The quantitative estimate of drug-likeness (QED) is 0.661. The van der Waals surface area contributed by atoms with Crippen molar-refractivity contribution in [3.8, 4) is 0 Å². The molecule has 1 unspecified atom stereocenters. The molecule has 0 aliphatic carbocycles. The first kappa shape index (κ1) is 9.00. The van der Waals surface area contributed by atoms with Crippen molar-refractivity contribution in [1.82, 2.24) is 4.90 Å². The Labute approximate surface area is 83.8 Å². The van der Waals surface area contributed by atoms with Crippen LogP contribution in [-0.2, 0) is 4.79 Å². The van der Waals surface area contributed by atoms with E-state index in [2.05, 4.69) is 12.1 Å². The van der Waals surface area contributed by atoms with E-state index in [9.17, 15) is 4.79 Å². The number of nitrogens with zero attached hydrogens (tertiary/aromatic N) is 1. The van der Waals surface area contributed by atoms with Gasteiger partial charge in [0.15, 0.2) is 6.29 Å². The van der Waals surface area contributed by atoms with Gasteiger partial charge in [0.25, 0.3) is 0 Å². The zero-order chi connectivity index (χ0) is 9.97. The van der Waals surface area contributed by atoms with Gasteiger partial charge >= 0.3 is 0 Å². The normalized spacial score (nSPS) is 20.8. The summed E-state index contributed by atoms with van der Waals surface area (Å²) in [6.45, 7) is 0. The molecule has 0 bridgehead atoms. The summed E-state index contributed by atoms with van der Waals surface area (Å²) in [5, 5.41) is 0. The Morgan fingerprint density at radius 3 is 2.64 bits per heavy atom. The van der Waals surface area contributed by atoms with Gasteiger partial charge in [0.2, 0.25) is 0 Å². The van der Waals surface area contributed by atoms with Crippen molar-refractivity contribution in [1.29, 1.82) is 0 Å². The van der Waals surface area contributed by atoms with Crippen molar-refractivity contribution in [2.75, 3.05) is 7.05 Å². The van der Waals surface area contributed by atoms with Gasteiger partial charge in [0.05, 0.1) is 11.7 Å². The molecule has 2 rings (SSSR count). The third-order valence-electron chi connectivity index (χ3n) is 2.73. The molecule has 1 heterocycles. The molecule has 1 aliphatic rings. The van der Waals surface area contributed by atoms with Crippen LogP contribution in [-0.4, -0.2) is 18.2 Å². The second-order valence-corrected chi connectivity index (χ2v) is 3.52. The summed E-state index contributed by atoms with van der Waals surface area (Å²) in [6, 6.07) is 10.6. The van der Waals surface area contributed by atoms with Gasteiger partial charge in [-0.05, 0) is 12.0 Å². The van der Waals surface area contributed by atoms with Crippen LogP contribution in [0.4, 0.5) is 0 Å². The number of carbonyl (C=O) groups excluding carboxylic acids is 1. The summed E-state index contributed by atoms with van der Waals surface area (Å²) in [5.41, 5.74) is 2.06. The highest BCUT2D eigenvalue weighted by Crippen LogP contribution is 2.31. The van der Waals surface area contributed by atoms with Crippen LogP contribution < -0.4 is 0 Å². The molecule has 0 N–H and O–H groups in total. The number of aldehydes is 1. The molecule has 0 fully saturated rings. The van der Waals surface area contributed by atoms with E-state index in [1.165, 1.54) is 5.56 Å². The highest BCUT2D eigenvalue weighted by molar-refractivity contribution is 5.73. The van der Waals surface area contributed by atoms with Crippen LogP contribution in [0.2, 0.25) is 0 Å². The monoisotopic (exact) mass is 187 g/mol. The van der Waals surface area contributed by atoms with E-state index in [4.69, 9.17) is 0 Å². The van der Waals surface area contributed by atoms with Gasteiger partial charge < -0.3 is 4.90 Å². The number of allylic oxidation sites excluding steroid dienone is 1. The zero-order valence-corrected chi connectivity index (χ0v) is 8.18. The second-order valence-electron chi connectivity index (χ2n) is 3.52.